The SMILES string of the molecule is CC(C)CC(O)c1cccc(S(C)(=O)=O)c1. The Labute approximate surface area is 97.0 Å². The Morgan fingerprint density at radius 2 is 1.94 bits per heavy atom. The lowest BCUT2D eigenvalue weighted by Gasteiger charge is -2.13. The summed E-state index contributed by atoms with van der Waals surface area (Å²) in [5, 5.41) is 9.89. The molecule has 0 saturated carbocycles. The van der Waals surface area contributed by atoms with Gasteiger partial charge in [0.2, 0.25) is 0 Å². The summed E-state index contributed by atoms with van der Waals surface area (Å²) in [5.74, 6) is 0.372. The molecule has 0 saturated heterocycles. The first-order valence-electron chi connectivity index (χ1n) is 5.29. The second kappa shape index (κ2) is 4.97. The smallest absolute Gasteiger partial charge is 0.175 e. The predicted molar refractivity (Wildman–Crippen MR) is 64.0 cm³/mol. The van der Waals surface area contributed by atoms with E-state index < -0.39 is 15.9 Å². The van der Waals surface area contributed by atoms with E-state index in [9.17, 15) is 13.5 Å². The van der Waals surface area contributed by atoms with E-state index in [1.165, 1.54) is 6.26 Å². The molecule has 0 radical (unpaired) electrons. The summed E-state index contributed by atoms with van der Waals surface area (Å²) in [5.41, 5.74) is 0.664. The maximum Gasteiger partial charge on any atom is 0.175 e. The van der Waals surface area contributed by atoms with Crippen LogP contribution < -0.4 is 0 Å². The highest BCUT2D eigenvalue weighted by Crippen LogP contribution is 2.23. The van der Waals surface area contributed by atoms with Crippen molar-refractivity contribution in [3.63, 3.8) is 0 Å². The van der Waals surface area contributed by atoms with Gasteiger partial charge in [-0.1, -0.05) is 26.0 Å². The van der Waals surface area contributed by atoms with Crippen LogP contribution >= 0.6 is 0 Å². The van der Waals surface area contributed by atoms with E-state index in [0.29, 0.717) is 17.9 Å². The van der Waals surface area contributed by atoms with Crippen LogP contribution in [0.15, 0.2) is 29.2 Å². The van der Waals surface area contributed by atoms with Gasteiger partial charge in [-0.25, -0.2) is 8.42 Å². The maximum absolute atomic E-state index is 11.3. The van der Waals surface area contributed by atoms with E-state index in [1.54, 1.807) is 24.3 Å². The van der Waals surface area contributed by atoms with Crippen molar-refractivity contribution in [1.82, 2.24) is 0 Å². The van der Waals surface area contributed by atoms with Crippen molar-refractivity contribution < 1.29 is 13.5 Å². The van der Waals surface area contributed by atoms with Crippen LogP contribution in [0.3, 0.4) is 0 Å². The van der Waals surface area contributed by atoms with Crippen molar-refractivity contribution in [3.05, 3.63) is 29.8 Å². The Balaban J connectivity index is 2.99. The maximum atomic E-state index is 11.3. The molecule has 1 unspecified atom stereocenters. The van der Waals surface area contributed by atoms with Crippen LogP contribution in [0.5, 0.6) is 0 Å². The normalized spacial score (nSPS) is 14.1. The lowest BCUT2D eigenvalue weighted by atomic mass is 10.00. The molecule has 0 fully saturated rings. The Hall–Kier alpha value is -0.870. The van der Waals surface area contributed by atoms with Gasteiger partial charge < -0.3 is 5.11 Å². The number of benzene rings is 1. The van der Waals surface area contributed by atoms with Crippen molar-refractivity contribution >= 4 is 9.84 Å². The van der Waals surface area contributed by atoms with Gasteiger partial charge >= 0.3 is 0 Å². The molecule has 0 spiro atoms. The van der Waals surface area contributed by atoms with E-state index in [1.807, 2.05) is 13.8 Å². The summed E-state index contributed by atoms with van der Waals surface area (Å²) < 4.78 is 22.7. The molecule has 4 heteroatoms. The summed E-state index contributed by atoms with van der Waals surface area (Å²) in [6.45, 7) is 4.03. The minimum absolute atomic E-state index is 0.257. The van der Waals surface area contributed by atoms with Gasteiger partial charge in [-0.15, -0.1) is 0 Å². The third kappa shape index (κ3) is 3.61. The van der Waals surface area contributed by atoms with Crippen LogP contribution in [0.25, 0.3) is 0 Å². The summed E-state index contributed by atoms with van der Waals surface area (Å²) in [4.78, 5) is 0.257. The van der Waals surface area contributed by atoms with E-state index >= 15 is 0 Å². The Morgan fingerprint density at radius 1 is 1.31 bits per heavy atom. The molecule has 1 aromatic rings. The summed E-state index contributed by atoms with van der Waals surface area (Å²) >= 11 is 0. The molecule has 0 amide bonds. The fourth-order valence-electron chi connectivity index (χ4n) is 1.54. The minimum atomic E-state index is -3.20. The van der Waals surface area contributed by atoms with Crippen LogP contribution in [-0.4, -0.2) is 19.8 Å². The van der Waals surface area contributed by atoms with Crippen LogP contribution in [0, 0.1) is 5.92 Å². The summed E-state index contributed by atoms with van der Waals surface area (Å²) in [7, 11) is -3.20. The minimum Gasteiger partial charge on any atom is -0.388 e. The molecule has 16 heavy (non-hydrogen) atoms. The van der Waals surface area contributed by atoms with Gasteiger partial charge in [0.1, 0.15) is 0 Å². The van der Waals surface area contributed by atoms with Gasteiger partial charge in [0.25, 0.3) is 0 Å². The molecule has 0 bridgehead atoms. The van der Waals surface area contributed by atoms with Gasteiger partial charge in [0.05, 0.1) is 11.0 Å². The number of aliphatic hydroxyl groups excluding tert-OH is 1. The first-order valence-corrected chi connectivity index (χ1v) is 7.18. The summed E-state index contributed by atoms with van der Waals surface area (Å²) in [6, 6.07) is 6.50. The molecule has 0 aliphatic heterocycles. The second-order valence-corrected chi connectivity index (χ2v) is 6.51. The number of hydrogen-bond acceptors (Lipinski definition) is 3. The first kappa shape index (κ1) is 13.2. The van der Waals surface area contributed by atoms with E-state index in [2.05, 4.69) is 0 Å². The van der Waals surface area contributed by atoms with E-state index in [-0.39, 0.29) is 4.90 Å². The van der Waals surface area contributed by atoms with Crippen LogP contribution in [0.4, 0.5) is 0 Å². The zero-order valence-electron chi connectivity index (χ0n) is 9.84. The third-order valence-corrected chi connectivity index (χ3v) is 3.48. The molecule has 90 valence electrons. The second-order valence-electron chi connectivity index (χ2n) is 4.49. The molecule has 1 rings (SSSR count). The standard InChI is InChI=1S/C12H18O3S/c1-9(2)7-12(13)10-5-4-6-11(8-10)16(3,14)15/h4-6,8-9,12-13H,7H2,1-3H3. The molecule has 0 aliphatic rings. The fourth-order valence-corrected chi connectivity index (χ4v) is 2.21. The van der Waals surface area contributed by atoms with Gasteiger partial charge in [0.15, 0.2) is 9.84 Å². The van der Waals surface area contributed by atoms with Crippen molar-refractivity contribution in [2.24, 2.45) is 5.92 Å². The Morgan fingerprint density at radius 3 is 2.44 bits per heavy atom. The number of rotatable bonds is 4. The zero-order chi connectivity index (χ0) is 12.3. The van der Waals surface area contributed by atoms with Gasteiger partial charge in [-0.2, -0.15) is 0 Å². The van der Waals surface area contributed by atoms with Gasteiger partial charge in [0, 0.05) is 6.26 Å². The van der Waals surface area contributed by atoms with Gasteiger partial charge in [-0.3, -0.25) is 0 Å². The van der Waals surface area contributed by atoms with Crippen LogP contribution in [0.1, 0.15) is 31.9 Å². The summed E-state index contributed by atoms with van der Waals surface area (Å²) in [6.07, 6.45) is 1.20. The molecule has 0 aliphatic carbocycles. The molecule has 1 atom stereocenters. The molecule has 3 nitrogen and oxygen atoms in total. The van der Waals surface area contributed by atoms with Crippen molar-refractivity contribution in [3.8, 4) is 0 Å². The molecule has 0 heterocycles. The van der Waals surface area contributed by atoms with Gasteiger partial charge in [-0.05, 0) is 30.0 Å². The monoisotopic (exact) mass is 242 g/mol. The predicted octanol–water partition coefficient (Wildman–Crippen LogP) is 2.17. The molecule has 1 N–H and O–H groups in total. The number of hydrogen-bond donors (Lipinski definition) is 1. The lowest BCUT2D eigenvalue weighted by Crippen LogP contribution is -2.04. The largest absolute Gasteiger partial charge is 0.388 e. The van der Waals surface area contributed by atoms with Crippen LogP contribution in [-0.2, 0) is 9.84 Å². The fraction of sp³-hybridized carbons (Fsp3) is 0.500. The number of sulfone groups is 1. The average molecular weight is 242 g/mol. The highest BCUT2D eigenvalue weighted by atomic mass is 32.2. The lowest BCUT2D eigenvalue weighted by molar-refractivity contribution is 0.151. The third-order valence-electron chi connectivity index (χ3n) is 2.37. The highest BCUT2D eigenvalue weighted by Gasteiger charge is 2.13. The van der Waals surface area contributed by atoms with Crippen LogP contribution in [0.2, 0.25) is 0 Å². The first-order chi connectivity index (χ1) is 7.30. The van der Waals surface area contributed by atoms with E-state index in [0.717, 1.165) is 0 Å². The molecular formula is C12H18O3S. The zero-order valence-corrected chi connectivity index (χ0v) is 10.7. The topological polar surface area (TPSA) is 54.4 Å². The Kier molecular flexibility index (Phi) is 4.10. The van der Waals surface area contributed by atoms with Crippen molar-refractivity contribution in [2.75, 3.05) is 6.26 Å². The highest BCUT2D eigenvalue weighted by molar-refractivity contribution is 7.90. The van der Waals surface area contributed by atoms with Crippen molar-refractivity contribution in [1.29, 1.82) is 0 Å². The van der Waals surface area contributed by atoms with Crippen molar-refractivity contribution in [2.45, 2.75) is 31.3 Å². The molecular weight excluding hydrogens is 224 g/mol. The quantitative estimate of drug-likeness (QED) is 0.880. The average Bonchev–Trinajstić information content (AvgIpc) is 2.15. The van der Waals surface area contributed by atoms with E-state index in [4.69, 9.17) is 0 Å². The molecule has 0 aromatic heterocycles. The Bertz CT molecular complexity index is 449. The molecule has 1 aromatic carbocycles. The number of aliphatic hydroxyl groups is 1.